The number of aromatic hydroxyl groups is 1. The second-order valence-electron chi connectivity index (χ2n) is 4.55. The maximum Gasteiger partial charge on any atom is 0.260 e. The molecule has 1 aromatic heterocycles. The molecule has 4 N–H and O–H groups in total. The first-order valence-corrected chi connectivity index (χ1v) is 6.33. The molecule has 3 aromatic rings. The third-order valence-corrected chi connectivity index (χ3v) is 3.03. The van der Waals surface area contributed by atoms with E-state index in [1.165, 1.54) is 12.1 Å². The number of hydrogen-bond donors (Lipinski definition) is 3. The molecule has 0 radical (unpaired) electrons. The van der Waals surface area contributed by atoms with Crippen molar-refractivity contribution in [2.75, 3.05) is 5.73 Å². The Kier molecular flexibility index (Phi) is 3.19. The predicted octanol–water partition coefficient (Wildman–Crippen LogP) is 1.79. The first-order valence-electron chi connectivity index (χ1n) is 6.33. The Morgan fingerprint density at radius 3 is 2.76 bits per heavy atom. The summed E-state index contributed by atoms with van der Waals surface area (Å²) in [6.45, 7) is 0.171. The molecule has 6 heteroatoms. The van der Waals surface area contributed by atoms with Crippen molar-refractivity contribution < 1.29 is 9.84 Å². The summed E-state index contributed by atoms with van der Waals surface area (Å²) in [5, 5.41) is 10.0. The van der Waals surface area contributed by atoms with Crippen LogP contribution >= 0.6 is 0 Å². The second kappa shape index (κ2) is 5.16. The Labute approximate surface area is 119 Å². The predicted molar refractivity (Wildman–Crippen MR) is 79.2 cm³/mol. The average molecular weight is 283 g/mol. The van der Waals surface area contributed by atoms with Crippen LogP contribution in [-0.2, 0) is 6.61 Å². The van der Waals surface area contributed by atoms with Crippen molar-refractivity contribution >= 4 is 16.9 Å². The Morgan fingerprint density at radius 1 is 1.24 bits per heavy atom. The summed E-state index contributed by atoms with van der Waals surface area (Å²) in [5.41, 5.74) is 6.19. The second-order valence-corrected chi connectivity index (χ2v) is 4.55. The number of phenols is 1. The number of nitrogens with one attached hydrogen (secondary N) is 1. The van der Waals surface area contributed by atoms with Gasteiger partial charge in [-0.25, -0.2) is 4.98 Å². The Bertz CT molecular complexity index is 844. The molecule has 3 rings (SSSR count). The van der Waals surface area contributed by atoms with Gasteiger partial charge >= 0.3 is 0 Å². The van der Waals surface area contributed by atoms with E-state index in [0.29, 0.717) is 16.8 Å². The van der Waals surface area contributed by atoms with Gasteiger partial charge < -0.3 is 15.6 Å². The van der Waals surface area contributed by atoms with Crippen molar-refractivity contribution in [2.45, 2.75) is 6.61 Å². The highest BCUT2D eigenvalue weighted by Gasteiger charge is 2.10. The molecular formula is C15H13N3O3. The van der Waals surface area contributed by atoms with E-state index in [4.69, 9.17) is 10.5 Å². The summed E-state index contributed by atoms with van der Waals surface area (Å²) >= 11 is 0. The number of anilines is 1. The van der Waals surface area contributed by atoms with Crippen LogP contribution in [-0.4, -0.2) is 15.1 Å². The molecule has 0 bridgehead atoms. The van der Waals surface area contributed by atoms with Gasteiger partial charge in [-0.3, -0.25) is 9.78 Å². The SMILES string of the molecule is Nc1nc2c(COc3ccccc3)cc(O)cc2c(=O)[nH]1. The number of nitrogens with zero attached hydrogens (tertiary/aromatic N) is 1. The summed E-state index contributed by atoms with van der Waals surface area (Å²) in [6, 6.07) is 12.1. The van der Waals surface area contributed by atoms with Crippen molar-refractivity contribution in [1.29, 1.82) is 0 Å². The molecule has 0 aliphatic rings. The van der Waals surface area contributed by atoms with E-state index in [1.54, 1.807) is 0 Å². The number of nitrogens with two attached hydrogens (primary N) is 1. The number of H-pyrrole nitrogens is 1. The van der Waals surface area contributed by atoms with Gasteiger partial charge in [0.25, 0.3) is 5.56 Å². The van der Waals surface area contributed by atoms with Gasteiger partial charge in [0.05, 0.1) is 10.9 Å². The van der Waals surface area contributed by atoms with Gasteiger partial charge in [-0.2, -0.15) is 0 Å². The van der Waals surface area contributed by atoms with Gasteiger partial charge in [0.15, 0.2) is 0 Å². The van der Waals surface area contributed by atoms with Crippen molar-refractivity contribution in [3.05, 3.63) is 58.4 Å². The number of nitrogen functional groups attached to an aromatic ring is 1. The Hall–Kier alpha value is -3.02. The van der Waals surface area contributed by atoms with Crippen LogP contribution in [0.4, 0.5) is 5.95 Å². The van der Waals surface area contributed by atoms with Gasteiger partial charge in [0, 0.05) is 5.56 Å². The number of fused-ring (bicyclic) bond motifs is 1. The number of aromatic amines is 1. The van der Waals surface area contributed by atoms with Crippen LogP contribution in [0.3, 0.4) is 0 Å². The Morgan fingerprint density at radius 2 is 2.00 bits per heavy atom. The summed E-state index contributed by atoms with van der Waals surface area (Å²) < 4.78 is 5.63. The molecule has 21 heavy (non-hydrogen) atoms. The van der Waals surface area contributed by atoms with Crippen molar-refractivity contribution in [3.63, 3.8) is 0 Å². The number of hydrogen-bond acceptors (Lipinski definition) is 5. The summed E-state index contributed by atoms with van der Waals surface area (Å²) in [5.74, 6) is 0.692. The highest BCUT2D eigenvalue weighted by atomic mass is 16.5. The summed E-state index contributed by atoms with van der Waals surface area (Å²) in [6.07, 6.45) is 0. The average Bonchev–Trinajstić information content (AvgIpc) is 2.47. The van der Waals surface area contributed by atoms with Crippen LogP contribution in [0.2, 0.25) is 0 Å². The van der Waals surface area contributed by atoms with E-state index in [-0.39, 0.29) is 23.7 Å². The van der Waals surface area contributed by atoms with E-state index >= 15 is 0 Å². The third kappa shape index (κ3) is 2.64. The zero-order chi connectivity index (χ0) is 14.8. The van der Waals surface area contributed by atoms with Gasteiger partial charge in [0.2, 0.25) is 5.95 Å². The van der Waals surface area contributed by atoms with E-state index in [0.717, 1.165) is 0 Å². The standard InChI is InChI=1S/C15H13N3O3/c16-15-17-13-9(8-21-11-4-2-1-3-5-11)6-10(19)7-12(13)14(20)18-15/h1-7,19H,8H2,(H3,16,17,18,20). The first-order chi connectivity index (χ1) is 10.1. The number of benzene rings is 2. The lowest BCUT2D eigenvalue weighted by atomic mass is 10.1. The molecule has 0 aliphatic heterocycles. The molecular weight excluding hydrogens is 270 g/mol. The van der Waals surface area contributed by atoms with Crippen molar-refractivity contribution in [1.82, 2.24) is 9.97 Å². The third-order valence-electron chi connectivity index (χ3n) is 3.03. The largest absolute Gasteiger partial charge is 0.508 e. The first kappa shape index (κ1) is 13.0. The van der Waals surface area contributed by atoms with Crippen LogP contribution in [0, 0.1) is 0 Å². The zero-order valence-corrected chi connectivity index (χ0v) is 11.0. The highest BCUT2D eigenvalue weighted by molar-refractivity contribution is 5.83. The van der Waals surface area contributed by atoms with Crippen LogP contribution < -0.4 is 16.0 Å². The number of ether oxygens (including phenoxy) is 1. The van der Waals surface area contributed by atoms with Crippen LogP contribution in [0.5, 0.6) is 11.5 Å². The molecule has 0 atom stereocenters. The quantitative estimate of drug-likeness (QED) is 0.680. The van der Waals surface area contributed by atoms with Gasteiger partial charge in [-0.1, -0.05) is 18.2 Å². The molecule has 0 spiro atoms. The molecule has 0 aliphatic carbocycles. The van der Waals surface area contributed by atoms with Gasteiger partial charge in [-0.05, 0) is 24.3 Å². The van der Waals surface area contributed by atoms with Crippen LogP contribution in [0.15, 0.2) is 47.3 Å². The molecule has 0 unspecified atom stereocenters. The van der Waals surface area contributed by atoms with E-state index in [2.05, 4.69) is 9.97 Å². The topological polar surface area (TPSA) is 101 Å². The van der Waals surface area contributed by atoms with E-state index in [1.807, 2.05) is 30.3 Å². The number of rotatable bonds is 3. The molecule has 6 nitrogen and oxygen atoms in total. The van der Waals surface area contributed by atoms with Crippen molar-refractivity contribution in [3.8, 4) is 11.5 Å². The smallest absolute Gasteiger partial charge is 0.260 e. The van der Waals surface area contributed by atoms with E-state index < -0.39 is 5.56 Å². The minimum Gasteiger partial charge on any atom is -0.508 e. The van der Waals surface area contributed by atoms with Crippen LogP contribution in [0.1, 0.15) is 5.56 Å². The lowest BCUT2D eigenvalue weighted by molar-refractivity contribution is 0.307. The Balaban J connectivity index is 2.03. The van der Waals surface area contributed by atoms with E-state index in [9.17, 15) is 9.90 Å². The fourth-order valence-corrected chi connectivity index (χ4v) is 2.10. The molecule has 0 amide bonds. The molecule has 2 aromatic carbocycles. The normalized spacial score (nSPS) is 10.7. The summed E-state index contributed by atoms with van der Waals surface area (Å²) in [7, 11) is 0. The molecule has 1 heterocycles. The minimum atomic E-state index is -0.394. The fourth-order valence-electron chi connectivity index (χ4n) is 2.10. The fraction of sp³-hybridized carbons (Fsp3) is 0.0667. The molecule has 0 saturated heterocycles. The van der Waals surface area contributed by atoms with Gasteiger partial charge in [0.1, 0.15) is 18.1 Å². The maximum absolute atomic E-state index is 11.9. The van der Waals surface area contributed by atoms with Crippen LogP contribution in [0.25, 0.3) is 10.9 Å². The minimum absolute atomic E-state index is 0.0220. The van der Waals surface area contributed by atoms with Crippen molar-refractivity contribution in [2.24, 2.45) is 0 Å². The lowest BCUT2D eigenvalue weighted by Gasteiger charge is -2.09. The number of para-hydroxylation sites is 1. The summed E-state index contributed by atoms with van der Waals surface area (Å²) in [4.78, 5) is 18.4. The molecule has 0 saturated carbocycles. The molecule has 0 fully saturated rings. The molecule has 106 valence electrons. The number of aromatic nitrogens is 2. The van der Waals surface area contributed by atoms with Gasteiger partial charge in [-0.15, -0.1) is 0 Å². The number of phenolic OH excluding ortho intramolecular Hbond substituents is 1. The maximum atomic E-state index is 11.9. The lowest BCUT2D eigenvalue weighted by Crippen LogP contribution is -2.12. The zero-order valence-electron chi connectivity index (χ0n) is 11.0. The highest BCUT2D eigenvalue weighted by Crippen LogP contribution is 2.23. The monoisotopic (exact) mass is 283 g/mol.